The first-order valence-corrected chi connectivity index (χ1v) is 8.17. The fourth-order valence-electron chi connectivity index (χ4n) is 3.05. The molecular weight excluding hydrogens is 358 g/mol. The number of carbonyl (C=O) groups excluding carboxylic acids is 1. The molecule has 0 saturated carbocycles. The summed E-state index contributed by atoms with van der Waals surface area (Å²) in [7, 11) is 0. The van der Waals surface area contributed by atoms with Gasteiger partial charge in [0.1, 0.15) is 0 Å². The van der Waals surface area contributed by atoms with Crippen LogP contribution in [0.2, 0.25) is 0 Å². The number of amides is 1. The number of rotatable bonds is 4. The number of hydrogen-bond acceptors (Lipinski definition) is 2. The van der Waals surface area contributed by atoms with Gasteiger partial charge in [0.2, 0.25) is 5.91 Å². The second kappa shape index (κ2) is 6.54. The predicted molar refractivity (Wildman–Crippen MR) is 89.6 cm³/mol. The zero-order valence-corrected chi connectivity index (χ0v) is 13.9. The number of aliphatic carboxylic acids is 1. The van der Waals surface area contributed by atoms with Gasteiger partial charge in [-0.1, -0.05) is 58.4 Å². The highest BCUT2D eigenvalue weighted by molar-refractivity contribution is 9.10. The lowest BCUT2D eigenvalue weighted by Crippen LogP contribution is -2.30. The van der Waals surface area contributed by atoms with Crippen molar-refractivity contribution in [3.05, 3.63) is 70.2 Å². The number of hydrogen-bond donors (Lipinski definition) is 1. The zero-order chi connectivity index (χ0) is 16.4. The van der Waals surface area contributed by atoms with Crippen molar-refractivity contribution in [1.29, 1.82) is 0 Å². The van der Waals surface area contributed by atoms with Gasteiger partial charge in [-0.05, 0) is 23.3 Å². The Morgan fingerprint density at radius 1 is 1.13 bits per heavy atom. The third-order valence-electron chi connectivity index (χ3n) is 4.16. The lowest BCUT2D eigenvalue weighted by atomic mass is 9.93. The molecule has 1 aliphatic heterocycles. The van der Waals surface area contributed by atoms with E-state index in [1.807, 2.05) is 54.6 Å². The van der Waals surface area contributed by atoms with Crippen molar-refractivity contribution in [2.75, 3.05) is 0 Å². The first-order chi connectivity index (χ1) is 11.1. The Balaban J connectivity index is 1.96. The van der Waals surface area contributed by atoms with Crippen molar-refractivity contribution >= 4 is 27.8 Å². The van der Waals surface area contributed by atoms with Crippen molar-refractivity contribution in [2.24, 2.45) is 5.92 Å². The highest BCUT2D eigenvalue weighted by atomic mass is 79.9. The number of likely N-dealkylation sites (tertiary alicyclic amines) is 1. The number of carboxylic acids is 1. The van der Waals surface area contributed by atoms with E-state index in [1.54, 1.807) is 4.90 Å². The summed E-state index contributed by atoms with van der Waals surface area (Å²) in [5.74, 6) is -1.76. The largest absolute Gasteiger partial charge is 0.481 e. The van der Waals surface area contributed by atoms with Gasteiger partial charge >= 0.3 is 5.97 Å². The Morgan fingerprint density at radius 2 is 1.78 bits per heavy atom. The monoisotopic (exact) mass is 373 g/mol. The molecule has 1 saturated heterocycles. The van der Waals surface area contributed by atoms with E-state index in [1.165, 1.54) is 0 Å². The average Bonchev–Trinajstić information content (AvgIpc) is 2.86. The lowest BCUT2D eigenvalue weighted by molar-refractivity contribution is -0.142. The molecule has 1 fully saturated rings. The highest BCUT2D eigenvalue weighted by Gasteiger charge is 2.44. The van der Waals surface area contributed by atoms with E-state index in [4.69, 9.17) is 0 Å². The summed E-state index contributed by atoms with van der Waals surface area (Å²) >= 11 is 3.38. The minimum Gasteiger partial charge on any atom is -0.481 e. The fourth-order valence-corrected chi connectivity index (χ4v) is 3.31. The second-order valence-electron chi connectivity index (χ2n) is 5.65. The Morgan fingerprint density at radius 3 is 2.39 bits per heavy atom. The number of benzene rings is 2. The standard InChI is InChI=1S/C18H16BrNO3/c19-14-8-6-13(7-9-14)17-15(18(22)23)10-16(21)20(17)11-12-4-2-1-3-5-12/h1-9,15,17H,10-11H2,(H,22,23)/t15-,17+/m0/s1. The molecule has 23 heavy (non-hydrogen) atoms. The Hall–Kier alpha value is -2.14. The van der Waals surface area contributed by atoms with Crippen LogP contribution >= 0.6 is 15.9 Å². The lowest BCUT2D eigenvalue weighted by Gasteiger charge is -2.27. The van der Waals surface area contributed by atoms with Gasteiger partial charge in [-0.3, -0.25) is 9.59 Å². The van der Waals surface area contributed by atoms with Crippen LogP contribution in [0, 0.1) is 5.92 Å². The van der Waals surface area contributed by atoms with E-state index in [0.29, 0.717) is 6.54 Å². The summed E-state index contributed by atoms with van der Waals surface area (Å²) in [5.41, 5.74) is 1.84. The molecule has 0 aliphatic carbocycles. The number of nitrogens with zero attached hydrogens (tertiary/aromatic N) is 1. The summed E-state index contributed by atoms with van der Waals surface area (Å²) in [6.45, 7) is 0.421. The predicted octanol–water partition coefficient (Wildman–Crippen LogP) is 3.62. The molecule has 118 valence electrons. The van der Waals surface area contributed by atoms with Crippen molar-refractivity contribution in [2.45, 2.75) is 19.0 Å². The molecule has 2 aromatic rings. The number of carboxylic acid groups (broad SMARTS) is 1. The molecule has 5 heteroatoms. The van der Waals surface area contributed by atoms with E-state index in [9.17, 15) is 14.7 Å². The van der Waals surface area contributed by atoms with E-state index >= 15 is 0 Å². The molecule has 0 bridgehead atoms. The molecule has 2 atom stereocenters. The molecule has 4 nitrogen and oxygen atoms in total. The third-order valence-corrected chi connectivity index (χ3v) is 4.68. The Labute approximate surface area is 142 Å². The second-order valence-corrected chi connectivity index (χ2v) is 6.57. The Kier molecular flexibility index (Phi) is 4.48. The van der Waals surface area contributed by atoms with Crippen molar-refractivity contribution in [3.8, 4) is 0 Å². The van der Waals surface area contributed by atoms with E-state index in [-0.39, 0.29) is 12.3 Å². The summed E-state index contributed by atoms with van der Waals surface area (Å²) in [6.07, 6.45) is 0.0445. The normalized spacial score (nSPS) is 20.7. The smallest absolute Gasteiger partial charge is 0.309 e. The average molecular weight is 374 g/mol. The molecule has 1 heterocycles. The quantitative estimate of drug-likeness (QED) is 0.889. The molecule has 1 aliphatic rings. The highest BCUT2D eigenvalue weighted by Crippen LogP contribution is 2.39. The molecule has 1 N–H and O–H groups in total. The van der Waals surface area contributed by atoms with Crippen molar-refractivity contribution < 1.29 is 14.7 Å². The van der Waals surface area contributed by atoms with Gasteiger partial charge in [0.25, 0.3) is 0 Å². The van der Waals surface area contributed by atoms with Gasteiger partial charge in [-0.2, -0.15) is 0 Å². The molecule has 0 spiro atoms. The molecule has 2 aromatic carbocycles. The fraction of sp³-hybridized carbons (Fsp3) is 0.222. The van der Waals surface area contributed by atoms with Gasteiger partial charge in [0.05, 0.1) is 12.0 Å². The molecule has 1 amide bonds. The van der Waals surface area contributed by atoms with Crippen molar-refractivity contribution in [3.63, 3.8) is 0 Å². The van der Waals surface area contributed by atoms with Crippen LogP contribution in [0.4, 0.5) is 0 Å². The summed E-state index contributed by atoms with van der Waals surface area (Å²) in [6, 6.07) is 16.7. The van der Waals surface area contributed by atoms with Crippen LogP contribution in [0.25, 0.3) is 0 Å². The van der Waals surface area contributed by atoms with Gasteiger partial charge in [0, 0.05) is 17.4 Å². The van der Waals surface area contributed by atoms with Gasteiger partial charge < -0.3 is 10.0 Å². The topological polar surface area (TPSA) is 57.6 Å². The minimum absolute atomic E-state index is 0.0445. The van der Waals surface area contributed by atoms with Crippen LogP contribution in [0.1, 0.15) is 23.6 Å². The summed E-state index contributed by atoms with van der Waals surface area (Å²) in [5, 5.41) is 9.51. The van der Waals surface area contributed by atoms with Gasteiger partial charge in [0.15, 0.2) is 0 Å². The third kappa shape index (κ3) is 3.29. The van der Waals surface area contributed by atoms with E-state index in [0.717, 1.165) is 15.6 Å². The van der Waals surface area contributed by atoms with Crippen LogP contribution in [0.5, 0.6) is 0 Å². The molecule has 0 unspecified atom stereocenters. The van der Waals surface area contributed by atoms with Crippen LogP contribution < -0.4 is 0 Å². The minimum atomic E-state index is -0.929. The maximum absolute atomic E-state index is 12.4. The van der Waals surface area contributed by atoms with Crippen LogP contribution in [0.3, 0.4) is 0 Å². The summed E-state index contributed by atoms with van der Waals surface area (Å²) in [4.78, 5) is 25.7. The number of halogens is 1. The Bertz CT molecular complexity index is 715. The molecule has 0 radical (unpaired) electrons. The molecular formula is C18H16BrNO3. The van der Waals surface area contributed by atoms with Crippen LogP contribution in [0.15, 0.2) is 59.1 Å². The first kappa shape index (κ1) is 15.7. The number of carbonyl (C=O) groups is 2. The molecule has 0 aromatic heterocycles. The molecule has 3 rings (SSSR count). The van der Waals surface area contributed by atoms with Gasteiger partial charge in [-0.25, -0.2) is 0 Å². The maximum atomic E-state index is 12.4. The van der Waals surface area contributed by atoms with Crippen LogP contribution in [-0.4, -0.2) is 21.9 Å². The summed E-state index contributed by atoms with van der Waals surface area (Å²) < 4.78 is 0.923. The SMILES string of the molecule is O=C(O)[C@H]1CC(=O)N(Cc2ccccc2)[C@@H]1c1ccc(Br)cc1. The first-order valence-electron chi connectivity index (χ1n) is 7.38. The van der Waals surface area contributed by atoms with Crippen molar-refractivity contribution in [1.82, 2.24) is 4.90 Å². The van der Waals surface area contributed by atoms with Crippen LogP contribution in [-0.2, 0) is 16.1 Å². The van der Waals surface area contributed by atoms with Gasteiger partial charge in [-0.15, -0.1) is 0 Å². The van der Waals surface area contributed by atoms with E-state index in [2.05, 4.69) is 15.9 Å². The van der Waals surface area contributed by atoms with E-state index < -0.39 is 17.9 Å². The maximum Gasteiger partial charge on any atom is 0.309 e. The zero-order valence-electron chi connectivity index (χ0n) is 12.4.